The Hall–Kier alpha value is -4.11. The van der Waals surface area contributed by atoms with Crippen LogP contribution in [0.15, 0.2) is 60.7 Å². The molecule has 9 heteroatoms. The second kappa shape index (κ2) is 15.6. The first kappa shape index (κ1) is 31.4. The highest BCUT2D eigenvalue weighted by molar-refractivity contribution is 5.91. The quantitative estimate of drug-likeness (QED) is 0.214. The fourth-order valence-corrected chi connectivity index (χ4v) is 4.48. The van der Waals surface area contributed by atoms with Gasteiger partial charge in [-0.2, -0.15) is 0 Å². The number of urea groups is 1. The SMILES string of the molecule is CCOC(Cc1ccc(OCCN(CCCOc2ccc(F)cc2)C(=O)Nc2c(C)cc(C)cc2C)cc1)C(=O)O. The number of aryl methyl sites for hydroxylation is 3. The standard InChI is InChI=1S/C32H39FN2O6/c1-5-39-29(31(36)37)21-25-7-11-27(12-8-25)41-18-16-35(15-6-17-40-28-13-9-26(33)10-14-28)32(38)34-30-23(3)19-22(2)20-24(30)4/h7-14,19-20,29H,5-6,15-18,21H2,1-4H3,(H,34,38)(H,36,37). The van der Waals surface area contributed by atoms with Gasteiger partial charge in [-0.25, -0.2) is 14.0 Å². The molecule has 0 radical (unpaired) electrons. The minimum atomic E-state index is -0.996. The Morgan fingerprint density at radius 2 is 1.49 bits per heavy atom. The molecule has 2 amide bonds. The third-order valence-corrected chi connectivity index (χ3v) is 6.47. The first-order chi connectivity index (χ1) is 19.7. The van der Waals surface area contributed by atoms with E-state index < -0.39 is 12.1 Å². The van der Waals surface area contributed by atoms with Crippen LogP contribution in [0.25, 0.3) is 0 Å². The minimum absolute atomic E-state index is 0.239. The lowest BCUT2D eigenvalue weighted by Crippen LogP contribution is -2.39. The molecule has 3 aromatic carbocycles. The van der Waals surface area contributed by atoms with E-state index in [9.17, 15) is 19.1 Å². The normalized spacial score (nSPS) is 11.5. The van der Waals surface area contributed by atoms with Gasteiger partial charge in [-0.1, -0.05) is 29.8 Å². The number of amides is 2. The van der Waals surface area contributed by atoms with Gasteiger partial charge < -0.3 is 29.5 Å². The molecule has 0 spiro atoms. The maximum Gasteiger partial charge on any atom is 0.333 e. The van der Waals surface area contributed by atoms with Gasteiger partial charge in [0, 0.05) is 25.3 Å². The summed E-state index contributed by atoms with van der Waals surface area (Å²) in [4.78, 5) is 26.4. The molecule has 0 aliphatic rings. The molecule has 41 heavy (non-hydrogen) atoms. The molecule has 0 heterocycles. The van der Waals surface area contributed by atoms with Gasteiger partial charge >= 0.3 is 12.0 Å². The number of rotatable bonds is 15. The molecule has 0 fully saturated rings. The van der Waals surface area contributed by atoms with Crippen molar-refractivity contribution in [2.24, 2.45) is 0 Å². The summed E-state index contributed by atoms with van der Waals surface area (Å²) in [6.07, 6.45) is -0.0720. The van der Waals surface area contributed by atoms with Crippen molar-refractivity contribution in [3.8, 4) is 11.5 Å². The monoisotopic (exact) mass is 566 g/mol. The van der Waals surface area contributed by atoms with Crippen LogP contribution in [0.1, 0.15) is 35.6 Å². The van der Waals surface area contributed by atoms with Crippen molar-refractivity contribution in [2.45, 2.75) is 46.6 Å². The first-order valence-electron chi connectivity index (χ1n) is 13.7. The number of nitrogens with zero attached hydrogens (tertiary/aromatic N) is 1. The van der Waals surface area contributed by atoms with Crippen LogP contribution in [0, 0.1) is 26.6 Å². The van der Waals surface area contributed by atoms with Crippen LogP contribution in [0.5, 0.6) is 11.5 Å². The van der Waals surface area contributed by atoms with Gasteiger partial charge in [-0.05, 0) is 87.2 Å². The van der Waals surface area contributed by atoms with Crippen LogP contribution in [0.4, 0.5) is 14.9 Å². The number of carboxylic acid groups (broad SMARTS) is 1. The number of ether oxygens (including phenoxy) is 3. The largest absolute Gasteiger partial charge is 0.494 e. The summed E-state index contributed by atoms with van der Waals surface area (Å²) in [5.41, 5.74) is 4.71. The third kappa shape index (κ3) is 10.1. The number of halogens is 1. The Morgan fingerprint density at radius 3 is 2.07 bits per heavy atom. The molecule has 0 aliphatic carbocycles. The van der Waals surface area contributed by atoms with Crippen molar-refractivity contribution in [3.05, 3.63) is 88.7 Å². The molecular formula is C32H39FN2O6. The molecule has 2 N–H and O–H groups in total. The van der Waals surface area contributed by atoms with E-state index in [0.29, 0.717) is 44.2 Å². The van der Waals surface area contributed by atoms with Crippen molar-refractivity contribution in [2.75, 3.05) is 38.2 Å². The van der Waals surface area contributed by atoms with Gasteiger partial charge in [0.25, 0.3) is 0 Å². The zero-order valence-electron chi connectivity index (χ0n) is 24.1. The summed E-state index contributed by atoms with van der Waals surface area (Å²) in [6.45, 7) is 9.42. The molecule has 220 valence electrons. The predicted molar refractivity (Wildman–Crippen MR) is 156 cm³/mol. The number of benzene rings is 3. The van der Waals surface area contributed by atoms with Gasteiger partial charge in [0.1, 0.15) is 23.9 Å². The summed E-state index contributed by atoms with van der Waals surface area (Å²) in [7, 11) is 0. The third-order valence-electron chi connectivity index (χ3n) is 6.47. The second-order valence-corrected chi connectivity index (χ2v) is 9.83. The van der Waals surface area contributed by atoms with Gasteiger partial charge in [0.05, 0.1) is 13.2 Å². The molecule has 0 saturated carbocycles. The zero-order valence-corrected chi connectivity index (χ0v) is 24.1. The van der Waals surface area contributed by atoms with E-state index >= 15 is 0 Å². The fourth-order valence-electron chi connectivity index (χ4n) is 4.48. The van der Waals surface area contributed by atoms with Gasteiger partial charge in [0.2, 0.25) is 0 Å². The van der Waals surface area contributed by atoms with E-state index in [1.54, 1.807) is 36.1 Å². The number of carbonyl (C=O) groups excluding carboxylic acids is 1. The maximum absolute atomic E-state index is 13.3. The van der Waals surface area contributed by atoms with Crippen LogP contribution < -0.4 is 14.8 Å². The maximum atomic E-state index is 13.3. The van der Waals surface area contributed by atoms with Gasteiger partial charge in [-0.3, -0.25) is 0 Å². The van der Waals surface area contributed by atoms with Crippen LogP contribution >= 0.6 is 0 Å². The number of hydrogen-bond acceptors (Lipinski definition) is 5. The molecule has 3 rings (SSSR count). The van der Waals surface area contributed by atoms with E-state index in [-0.39, 0.29) is 24.9 Å². The van der Waals surface area contributed by atoms with Crippen molar-refractivity contribution >= 4 is 17.7 Å². The van der Waals surface area contributed by atoms with E-state index in [1.165, 1.54) is 12.1 Å². The molecule has 0 saturated heterocycles. The average Bonchev–Trinajstić information content (AvgIpc) is 2.93. The van der Waals surface area contributed by atoms with Gasteiger partial charge in [0.15, 0.2) is 6.10 Å². The summed E-state index contributed by atoms with van der Waals surface area (Å²) in [5, 5.41) is 12.4. The summed E-state index contributed by atoms with van der Waals surface area (Å²) < 4.78 is 30.0. The molecular weight excluding hydrogens is 527 g/mol. The molecule has 3 aromatic rings. The Labute approximate surface area is 241 Å². The van der Waals surface area contributed by atoms with Crippen LogP contribution in [-0.4, -0.2) is 61.0 Å². The zero-order chi connectivity index (χ0) is 29.8. The van der Waals surface area contributed by atoms with Crippen molar-refractivity contribution in [1.82, 2.24) is 4.90 Å². The number of nitrogens with one attached hydrogen (secondary N) is 1. The average molecular weight is 567 g/mol. The number of anilines is 1. The first-order valence-corrected chi connectivity index (χ1v) is 13.7. The van der Waals surface area contributed by atoms with Crippen LogP contribution in [0.3, 0.4) is 0 Å². The van der Waals surface area contributed by atoms with E-state index in [4.69, 9.17) is 14.2 Å². The number of hydrogen-bond donors (Lipinski definition) is 2. The topological polar surface area (TPSA) is 97.3 Å². The molecule has 8 nitrogen and oxygen atoms in total. The molecule has 0 aliphatic heterocycles. The minimum Gasteiger partial charge on any atom is -0.494 e. The summed E-state index contributed by atoms with van der Waals surface area (Å²) in [5.74, 6) is -0.144. The molecule has 0 bridgehead atoms. The second-order valence-electron chi connectivity index (χ2n) is 9.83. The number of carbonyl (C=O) groups is 2. The van der Waals surface area contributed by atoms with Crippen molar-refractivity contribution in [1.29, 1.82) is 0 Å². The lowest BCUT2D eigenvalue weighted by molar-refractivity contribution is -0.149. The van der Waals surface area contributed by atoms with E-state index in [2.05, 4.69) is 5.32 Å². The van der Waals surface area contributed by atoms with Crippen LogP contribution in [0.2, 0.25) is 0 Å². The smallest absolute Gasteiger partial charge is 0.333 e. The highest BCUT2D eigenvalue weighted by Gasteiger charge is 2.18. The van der Waals surface area contributed by atoms with E-state index in [0.717, 1.165) is 27.9 Å². The number of carboxylic acids is 1. The van der Waals surface area contributed by atoms with E-state index in [1.807, 2.05) is 45.0 Å². The number of aliphatic carboxylic acids is 1. The highest BCUT2D eigenvalue weighted by Crippen LogP contribution is 2.22. The lowest BCUT2D eigenvalue weighted by atomic mass is 10.1. The lowest BCUT2D eigenvalue weighted by Gasteiger charge is -2.24. The Morgan fingerprint density at radius 1 is 0.902 bits per heavy atom. The fraction of sp³-hybridized carbons (Fsp3) is 0.375. The Kier molecular flexibility index (Phi) is 12.0. The Bertz CT molecular complexity index is 1260. The van der Waals surface area contributed by atoms with Crippen molar-refractivity contribution in [3.63, 3.8) is 0 Å². The Balaban J connectivity index is 1.59. The summed E-state index contributed by atoms with van der Waals surface area (Å²) in [6, 6.07) is 16.8. The molecule has 0 aromatic heterocycles. The highest BCUT2D eigenvalue weighted by atomic mass is 19.1. The van der Waals surface area contributed by atoms with Gasteiger partial charge in [-0.15, -0.1) is 0 Å². The van der Waals surface area contributed by atoms with Crippen molar-refractivity contribution < 1.29 is 33.3 Å². The predicted octanol–water partition coefficient (Wildman–Crippen LogP) is 6.17. The van der Waals surface area contributed by atoms with Crippen LogP contribution in [-0.2, 0) is 16.0 Å². The molecule has 1 atom stereocenters. The molecule has 1 unspecified atom stereocenters. The summed E-state index contributed by atoms with van der Waals surface area (Å²) >= 11 is 0.